The largest absolute Gasteiger partial charge is 0.368 e. The van der Waals surface area contributed by atoms with Crippen LogP contribution in [0.4, 0.5) is 29.9 Å². The second-order valence-corrected chi connectivity index (χ2v) is 10.5. The second kappa shape index (κ2) is 9.44. The molecule has 0 unspecified atom stereocenters. The van der Waals surface area contributed by atoms with Crippen LogP contribution in [0.25, 0.3) is 21.8 Å². The number of carbonyl (C=O) groups is 1. The van der Waals surface area contributed by atoms with Crippen molar-refractivity contribution in [3.8, 4) is 21.8 Å². The average Bonchev–Trinajstić information content (AvgIpc) is 3.46. The van der Waals surface area contributed by atoms with Crippen molar-refractivity contribution in [2.45, 2.75) is 17.7 Å². The quantitative estimate of drug-likeness (QED) is 0.371. The fourth-order valence-electron chi connectivity index (χ4n) is 3.86. The molecule has 1 aliphatic heterocycles. The second-order valence-electron chi connectivity index (χ2n) is 7.95. The van der Waals surface area contributed by atoms with E-state index in [-0.39, 0.29) is 23.1 Å². The molecule has 3 heterocycles. The lowest BCUT2D eigenvalue weighted by Crippen LogP contribution is -2.23. The molecular weight excluding hydrogens is 529 g/mol. The summed E-state index contributed by atoms with van der Waals surface area (Å²) in [7, 11) is -4.83. The number of halogens is 3. The summed E-state index contributed by atoms with van der Waals surface area (Å²) in [6, 6.07) is 7.92. The number of sulfonamides is 1. The summed E-state index contributed by atoms with van der Waals surface area (Å²) >= 11 is 1.09. The Kier molecular flexibility index (Phi) is 6.29. The highest BCUT2D eigenvalue weighted by Gasteiger charge is 2.30. The molecule has 2 aromatic carbocycles. The number of aromatic nitrogens is 3. The molecule has 0 aliphatic carbocycles. The molecule has 5 rings (SSSR count). The van der Waals surface area contributed by atoms with Crippen LogP contribution in [0, 0.1) is 17.5 Å². The third kappa shape index (κ3) is 4.60. The molecule has 0 saturated carbocycles. The van der Waals surface area contributed by atoms with Gasteiger partial charge in [0.1, 0.15) is 11.6 Å². The molecule has 1 aliphatic rings. The van der Waals surface area contributed by atoms with Gasteiger partial charge in [-0.2, -0.15) is 0 Å². The van der Waals surface area contributed by atoms with Gasteiger partial charge in [-0.3, -0.25) is 14.4 Å². The molecule has 2 aromatic heterocycles. The summed E-state index contributed by atoms with van der Waals surface area (Å²) in [6.07, 6.45) is 2.40. The minimum Gasteiger partial charge on any atom is -0.368 e. The van der Waals surface area contributed by atoms with Gasteiger partial charge >= 0.3 is 0 Å². The highest BCUT2D eigenvalue weighted by atomic mass is 32.2. The maximum absolute atomic E-state index is 15.8. The number of nitrogens with one attached hydrogen (secondary N) is 1. The Labute approximate surface area is 212 Å². The molecule has 0 radical (unpaired) electrons. The Morgan fingerprint density at radius 2 is 1.76 bits per heavy atom. The Morgan fingerprint density at radius 3 is 2.43 bits per heavy atom. The third-order valence-corrected chi connectivity index (χ3v) is 8.03. The number of benzene rings is 2. The van der Waals surface area contributed by atoms with E-state index >= 15 is 4.39 Å². The van der Waals surface area contributed by atoms with Crippen molar-refractivity contribution in [2.24, 2.45) is 0 Å². The monoisotopic (exact) mass is 546 g/mol. The van der Waals surface area contributed by atoms with Crippen LogP contribution in [0.2, 0.25) is 0 Å². The molecule has 3 N–H and O–H groups in total. The normalized spacial score (nSPS) is 13.8. The van der Waals surface area contributed by atoms with Crippen LogP contribution in [0.5, 0.6) is 0 Å². The first-order valence-electron chi connectivity index (χ1n) is 10.8. The highest BCUT2D eigenvalue weighted by Crippen LogP contribution is 2.42. The first-order chi connectivity index (χ1) is 17.7. The number of carbonyl (C=O) groups excluding carboxylic acids is 1. The third-order valence-electron chi connectivity index (χ3n) is 5.51. The predicted octanol–water partition coefficient (Wildman–Crippen LogP) is 4.19. The van der Waals surface area contributed by atoms with Gasteiger partial charge in [0.2, 0.25) is 11.9 Å². The van der Waals surface area contributed by atoms with Gasteiger partial charge in [-0.05, 0) is 36.8 Å². The Morgan fingerprint density at radius 1 is 1.03 bits per heavy atom. The zero-order valence-corrected chi connectivity index (χ0v) is 20.4. The minimum atomic E-state index is -4.83. The van der Waals surface area contributed by atoms with Gasteiger partial charge in [-0.15, -0.1) is 0 Å². The van der Waals surface area contributed by atoms with Gasteiger partial charge in [0.25, 0.3) is 10.0 Å². The van der Waals surface area contributed by atoms with Crippen molar-refractivity contribution >= 4 is 44.0 Å². The van der Waals surface area contributed by atoms with Crippen molar-refractivity contribution in [1.29, 1.82) is 0 Å². The highest BCUT2D eigenvalue weighted by molar-refractivity contribution is 7.92. The van der Waals surface area contributed by atoms with Crippen molar-refractivity contribution < 1.29 is 26.4 Å². The van der Waals surface area contributed by atoms with E-state index in [0.717, 1.165) is 35.6 Å². The standard InChI is InChI=1S/C23H17F3N6O3S2/c24-13-5-2-6-14(25)21(13)37(34,35)31-15-7-1-4-12(18(15)26)19-20(16-9-10-28-22(27)29-16)36-23(30-19)32-11-3-8-17(32)33/h1-2,4-7,9-10,31H,3,8,11H2,(H2,27,28,29). The maximum atomic E-state index is 15.8. The van der Waals surface area contributed by atoms with E-state index in [1.165, 1.54) is 29.3 Å². The number of thiazole rings is 1. The minimum absolute atomic E-state index is 0.0375. The van der Waals surface area contributed by atoms with E-state index in [9.17, 15) is 22.0 Å². The van der Waals surface area contributed by atoms with E-state index in [0.29, 0.717) is 35.1 Å². The van der Waals surface area contributed by atoms with Crippen LogP contribution in [0.15, 0.2) is 53.6 Å². The summed E-state index contributed by atoms with van der Waals surface area (Å²) in [4.78, 5) is 25.5. The van der Waals surface area contributed by atoms with Crippen LogP contribution in [-0.2, 0) is 14.8 Å². The van der Waals surface area contributed by atoms with E-state index in [1.54, 1.807) is 0 Å². The van der Waals surface area contributed by atoms with Crippen molar-refractivity contribution in [1.82, 2.24) is 15.0 Å². The number of nitrogens with zero attached hydrogens (tertiary/aromatic N) is 4. The summed E-state index contributed by atoms with van der Waals surface area (Å²) in [5, 5.41) is 0.309. The van der Waals surface area contributed by atoms with Crippen LogP contribution in [0.1, 0.15) is 12.8 Å². The molecule has 9 nitrogen and oxygen atoms in total. The number of nitrogen functional groups attached to an aromatic ring is 1. The van der Waals surface area contributed by atoms with Gasteiger partial charge in [0.05, 0.1) is 22.0 Å². The van der Waals surface area contributed by atoms with E-state index in [1.807, 2.05) is 4.72 Å². The molecule has 37 heavy (non-hydrogen) atoms. The predicted molar refractivity (Wildman–Crippen MR) is 132 cm³/mol. The van der Waals surface area contributed by atoms with Crippen molar-refractivity contribution in [3.05, 3.63) is 66.1 Å². The van der Waals surface area contributed by atoms with Gasteiger partial charge in [0, 0.05) is 24.7 Å². The molecule has 0 atom stereocenters. The molecule has 1 saturated heterocycles. The molecule has 4 aromatic rings. The topological polar surface area (TPSA) is 131 Å². The number of anilines is 3. The molecule has 0 spiro atoms. The maximum Gasteiger partial charge on any atom is 0.267 e. The fraction of sp³-hybridized carbons (Fsp3) is 0.130. The number of hydrogen-bond acceptors (Lipinski definition) is 8. The van der Waals surface area contributed by atoms with Crippen LogP contribution in [-0.4, -0.2) is 35.8 Å². The SMILES string of the molecule is Nc1nccc(-c2sc(N3CCCC3=O)nc2-c2cccc(NS(=O)(=O)c3c(F)cccc3F)c2F)n1. The number of hydrogen-bond donors (Lipinski definition) is 2. The van der Waals surface area contributed by atoms with Crippen LogP contribution >= 0.6 is 11.3 Å². The summed E-state index contributed by atoms with van der Waals surface area (Å²) < 4.78 is 71.4. The zero-order valence-electron chi connectivity index (χ0n) is 18.8. The Hall–Kier alpha value is -4.04. The Bertz CT molecular complexity index is 1620. The van der Waals surface area contributed by atoms with Crippen LogP contribution in [0.3, 0.4) is 0 Å². The molecule has 0 bridgehead atoms. The first-order valence-corrected chi connectivity index (χ1v) is 13.1. The van der Waals surface area contributed by atoms with Crippen molar-refractivity contribution in [3.63, 3.8) is 0 Å². The van der Waals surface area contributed by atoms with Gasteiger partial charge in [-0.1, -0.05) is 23.5 Å². The van der Waals surface area contributed by atoms with Crippen molar-refractivity contribution in [2.75, 3.05) is 21.9 Å². The van der Waals surface area contributed by atoms with E-state index in [4.69, 9.17) is 5.73 Å². The van der Waals surface area contributed by atoms with Gasteiger partial charge < -0.3 is 5.73 Å². The van der Waals surface area contributed by atoms with Gasteiger partial charge in [0.15, 0.2) is 15.8 Å². The summed E-state index contributed by atoms with van der Waals surface area (Å²) in [6.45, 7) is 0.438. The van der Waals surface area contributed by atoms with E-state index in [2.05, 4.69) is 15.0 Å². The number of rotatable bonds is 6. The average molecular weight is 547 g/mol. The van der Waals surface area contributed by atoms with Gasteiger partial charge in [-0.25, -0.2) is 36.5 Å². The zero-order chi connectivity index (χ0) is 26.3. The molecule has 1 fully saturated rings. The smallest absolute Gasteiger partial charge is 0.267 e. The molecule has 1 amide bonds. The lowest BCUT2D eigenvalue weighted by atomic mass is 10.1. The molecule has 190 valence electrons. The Balaban J connectivity index is 1.62. The van der Waals surface area contributed by atoms with E-state index < -0.39 is 38.1 Å². The fourth-order valence-corrected chi connectivity index (χ4v) is 6.15. The first kappa shape index (κ1) is 24.6. The molecule has 14 heteroatoms. The molecular formula is C23H17F3N6O3S2. The lowest BCUT2D eigenvalue weighted by Gasteiger charge is -2.12. The lowest BCUT2D eigenvalue weighted by molar-refractivity contribution is -0.117. The summed E-state index contributed by atoms with van der Waals surface area (Å²) in [5.41, 5.74) is 5.43. The summed E-state index contributed by atoms with van der Waals surface area (Å²) in [5.74, 6) is -3.87. The van der Waals surface area contributed by atoms with Crippen LogP contribution < -0.4 is 15.4 Å². The number of amides is 1. The number of nitrogens with two attached hydrogens (primary N) is 1.